The largest absolute Gasteiger partial charge is 0.495 e. The number of benzene rings is 3. The summed E-state index contributed by atoms with van der Waals surface area (Å²) in [6.45, 7) is 3.51. The molecule has 46 heavy (non-hydrogen) atoms. The van der Waals surface area contributed by atoms with Crippen molar-refractivity contribution in [2.24, 2.45) is 0 Å². The van der Waals surface area contributed by atoms with Crippen LogP contribution < -0.4 is 24.4 Å². The molecule has 232 valence electrons. The monoisotopic (exact) mass is 614 g/mol. The van der Waals surface area contributed by atoms with Crippen LogP contribution in [0.1, 0.15) is 5.56 Å². The molecule has 3 aromatic heterocycles. The van der Waals surface area contributed by atoms with E-state index in [-0.39, 0.29) is 0 Å². The smallest absolute Gasteiger partial charge is 0.227 e. The minimum Gasteiger partial charge on any atom is -0.495 e. The number of nitrogens with one attached hydrogen (secondary N) is 1. The highest BCUT2D eigenvalue weighted by molar-refractivity contribution is 5.82. The molecule has 0 saturated carbocycles. The van der Waals surface area contributed by atoms with Crippen LogP contribution in [0.5, 0.6) is 17.2 Å². The van der Waals surface area contributed by atoms with Gasteiger partial charge in [0.15, 0.2) is 11.5 Å². The van der Waals surface area contributed by atoms with Crippen molar-refractivity contribution in [1.82, 2.24) is 19.4 Å². The Morgan fingerprint density at radius 2 is 1.61 bits per heavy atom. The van der Waals surface area contributed by atoms with Crippen molar-refractivity contribution in [3.8, 4) is 39.9 Å². The fraction of sp³-hybridized carbons (Fsp3) is 0.194. The minimum absolute atomic E-state index is 0.438. The quantitative estimate of drug-likeness (QED) is 0.182. The molecule has 0 aliphatic carbocycles. The van der Waals surface area contributed by atoms with E-state index in [2.05, 4.69) is 27.3 Å². The summed E-state index contributed by atoms with van der Waals surface area (Å²) < 4.78 is 25.1. The number of pyridine rings is 1. The molecule has 4 heterocycles. The van der Waals surface area contributed by atoms with Crippen molar-refractivity contribution in [3.05, 3.63) is 109 Å². The zero-order valence-corrected chi connectivity index (χ0v) is 25.7. The topological polar surface area (TPSA) is 95.3 Å². The van der Waals surface area contributed by atoms with Crippen molar-refractivity contribution in [2.75, 3.05) is 50.7 Å². The number of hydrogen-bond donors (Lipinski definition) is 1. The Balaban J connectivity index is 1.23. The highest BCUT2D eigenvalue weighted by Crippen LogP contribution is 2.38. The lowest BCUT2D eigenvalue weighted by atomic mass is 10.1. The van der Waals surface area contributed by atoms with E-state index in [4.69, 9.17) is 28.9 Å². The van der Waals surface area contributed by atoms with E-state index in [1.807, 2.05) is 89.5 Å². The zero-order chi connectivity index (χ0) is 31.3. The van der Waals surface area contributed by atoms with Gasteiger partial charge in [-0.15, -0.1) is 0 Å². The van der Waals surface area contributed by atoms with Crippen molar-refractivity contribution in [1.29, 1.82) is 0 Å². The van der Waals surface area contributed by atoms with Crippen molar-refractivity contribution in [2.45, 2.75) is 6.61 Å². The second-order valence-corrected chi connectivity index (χ2v) is 10.8. The molecule has 1 aliphatic heterocycles. The first-order valence-electron chi connectivity index (χ1n) is 15.1. The molecule has 1 aliphatic rings. The van der Waals surface area contributed by atoms with E-state index in [0.29, 0.717) is 48.7 Å². The van der Waals surface area contributed by atoms with Gasteiger partial charge in [0.2, 0.25) is 5.95 Å². The van der Waals surface area contributed by atoms with Gasteiger partial charge in [-0.1, -0.05) is 36.4 Å². The van der Waals surface area contributed by atoms with Gasteiger partial charge in [-0.3, -0.25) is 4.40 Å². The van der Waals surface area contributed by atoms with Gasteiger partial charge in [0.1, 0.15) is 18.0 Å². The summed E-state index contributed by atoms with van der Waals surface area (Å²) in [6.07, 6.45) is 3.73. The number of hydrogen-bond acceptors (Lipinski definition) is 9. The second kappa shape index (κ2) is 13.2. The predicted molar refractivity (Wildman–Crippen MR) is 178 cm³/mol. The number of nitrogens with zero attached hydrogens (tertiary/aromatic N) is 5. The summed E-state index contributed by atoms with van der Waals surface area (Å²) in [7, 11) is 3.30. The van der Waals surface area contributed by atoms with Crippen LogP contribution in [0.15, 0.2) is 103 Å². The Hall–Kier alpha value is -5.61. The van der Waals surface area contributed by atoms with Crippen LogP contribution in [-0.4, -0.2) is 59.9 Å². The Bertz CT molecular complexity index is 1960. The maximum Gasteiger partial charge on any atom is 0.227 e. The Kier molecular flexibility index (Phi) is 8.34. The number of methoxy groups -OCH3 is 2. The molecule has 0 atom stereocenters. The number of fused-ring (bicyclic) bond motifs is 1. The third-order valence-electron chi connectivity index (χ3n) is 7.91. The molecule has 0 bridgehead atoms. The van der Waals surface area contributed by atoms with Crippen LogP contribution in [0, 0.1) is 0 Å². The van der Waals surface area contributed by atoms with Gasteiger partial charge < -0.3 is 29.2 Å². The predicted octanol–water partition coefficient (Wildman–Crippen LogP) is 6.63. The van der Waals surface area contributed by atoms with Crippen LogP contribution in [0.4, 0.5) is 17.3 Å². The van der Waals surface area contributed by atoms with E-state index in [1.54, 1.807) is 20.4 Å². The van der Waals surface area contributed by atoms with E-state index in [9.17, 15) is 0 Å². The van der Waals surface area contributed by atoms with Gasteiger partial charge in [-0.05, 0) is 60.2 Å². The van der Waals surface area contributed by atoms with Crippen LogP contribution in [0.2, 0.25) is 0 Å². The summed E-state index contributed by atoms with van der Waals surface area (Å²) in [5, 5.41) is 3.39. The number of imidazole rings is 1. The number of morpholine rings is 1. The molecule has 6 aromatic rings. The summed E-state index contributed by atoms with van der Waals surface area (Å²) in [4.78, 5) is 16.8. The summed E-state index contributed by atoms with van der Waals surface area (Å²) >= 11 is 0. The number of anilines is 3. The standard InChI is InChI=1S/C36H34N6O4/c1-43-30-14-12-27(41-18-20-45-21-19-41)23-29(30)39-36-37-16-15-28(38-36)35-34(40-33-10-6-7-17-42(33)35)26-11-13-31(32(22-26)44-2)46-24-25-8-4-3-5-9-25/h3-17,22-23H,18-21,24H2,1-2H3,(H,37,38,39). The first-order valence-corrected chi connectivity index (χ1v) is 15.1. The lowest BCUT2D eigenvalue weighted by Gasteiger charge is -2.29. The van der Waals surface area contributed by atoms with E-state index >= 15 is 0 Å². The number of aromatic nitrogens is 4. The van der Waals surface area contributed by atoms with E-state index in [1.165, 1.54) is 0 Å². The third-order valence-corrected chi connectivity index (χ3v) is 7.91. The maximum atomic E-state index is 6.12. The molecular formula is C36H34N6O4. The minimum atomic E-state index is 0.438. The van der Waals surface area contributed by atoms with Crippen molar-refractivity contribution >= 4 is 23.0 Å². The van der Waals surface area contributed by atoms with Gasteiger partial charge in [0.25, 0.3) is 0 Å². The second-order valence-electron chi connectivity index (χ2n) is 10.8. The van der Waals surface area contributed by atoms with Crippen LogP contribution >= 0.6 is 0 Å². The SMILES string of the molecule is COc1ccc(N2CCOCC2)cc1Nc1nccc(-c2c(-c3ccc(OCc4ccccc4)c(OC)c3)nc3ccccn23)n1. The Morgan fingerprint density at radius 1 is 0.804 bits per heavy atom. The normalized spacial score (nSPS) is 13.0. The van der Waals surface area contributed by atoms with Gasteiger partial charge in [0.05, 0.1) is 50.2 Å². The van der Waals surface area contributed by atoms with Gasteiger partial charge in [0, 0.05) is 36.7 Å². The molecule has 10 nitrogen and oxygen atoms in total. The average Bonchev–Trinajstić information content (AvgIpc) is 3.51. The first kappa shape index (κ1) is 29.1. The highest BCUT2D eigenvalue weighted by Gasteiger charge is 2.20. The van der Waals surface area contributed by atoms with Gasteiger partial charge in [-0.2, -0.15) is 0 Å². The first-order chi connectivity index (χ1) is 22.7. The fourth-order valence-electron chi connectivity index (χ4n) is 5.59. The van der Waals surface area contributed by atoms with Crippen LogP contribution in [-0.2, 0) is 11.3 Å². The molecule has 0 spiro atoms. The highest BCUT2D eigenvalue weighted by atomic mass is 16.5. The molecule has 3 aromatic carbocycles. The summed E-state index contributed by atoms with van der Waals surface area (Å²) in [6, 6.07) is 29.8. The fourth-order valence-corrected chi connectivity index (χ4v) is 5.59. The third kappa shape index (κ3) is 6.02. The lowest BCUT2D eigenvalue weighted by Crippen LogP contribution is -2.36. The maximum absolute atomic E-state index is 6.12. The number of rotatable bonds is 10. The van der Waals surface area contributed by atoms with E-state index < -0.39 is 0 Å². The van der Waals surface area contributed by atoms with Gasteiger partial charge in [-0.25, -0.2) is 15.0 Å². The van der Waals surface area contributed by atoms with Gasteiger partial charge >= 0.3 is 0 Å². The Labute approximate surface area is 267 Å². The molecule has 1 fully saturated rings. The molecule has 0 amide bonds. The molecule has 7 rings (SSSR count). The van der Waals surface area contributed by atoms with Crippen LogP contribution in [0.25, 0.3) is 28.3 Å². The zero-order valence-electron chi connectivity index (χ0n) is 25.7. The Morgan fingerprint density at radius 3 is 2.43 bits per heavy atom. The van der Waals surface area contributed by atoms with E-state index in [0.717, 1.165) is 52.6 Å². The average molecular weight is 615 g/mol. The molecule has 10 heteroatoms. The molecule has 0 radical (unpaired) electrons. The number of ether oxygens (including phenoxy) is 4. The summed E-state index contributed by atoms with van der Waals surface area (Å²) in [5.74, 6) is 2.41. The molecule has 1 saturated heterocycles. The van der Waals surface area contributed by atoms with Crippen molar-refractivity contribution in [3.63, 3.8) is 0 Å². The molecular weight excluding hydrogens is 580 g/mol. The molecule has 1 N–H and O–H groups in total. The summed E-state index contributed by atoms with van der Waals surface area (Å²) in [5.41, 5.74) is 6.90. The lowest BCUT2D eigenvalue weighted by molar-refractivity contribution is 0.122. The van der Waals surface area contributed by atoms with Crippen LogP contribution in [0.3, 0.4) is 0 Å². The van der Waals surface area contributed by atoms with Crippen molar-refractivity contribution < 1.29 is 18.9 Å². The molecule has 0 unspecified atom stereocenters.